The first kappa shape index (κ1) is 18.3. The molecule has 1 aromatic heterocycles. The number of hydrogen-bond acceptors (Lipinski definition) is 5. The van der Waals surface area contributed by atoms with Crippen LogP contribution in [0.25, 0.3) is 0 Å². The molecule has 0 saturated carbocycles. The van der Waals surface area contributed by atoms with Crippen molar-refractivity contribution in [3.63, 3.8) is 0 Å². The quantitative estimate of drug-likeness (QED) is 0.843. The molecule has 1 N–H and O–H groups in total. The number of anilines is 1. The van der Waals surface area contributed by atoms with Crippen LogP contribution in [0.3, 0.4) is 0 Å². The molecule has 2 amide bonds. The van der Waals surface area contributed by atoms with E-state index < -0.39 is 0 Å². The molecule has 1 aliphatic rings. The Morgan fingerprint density at radius 3 is 2.46 bits per heavy atom. The van der Waals surface area contributed by atoms with Crippen LogP contribution in [-0.2, 0) is 4.79 Å². The second kappa shape index (κ2) is 8.71. The lowest BCUT2D eigenvalue weighted by atomic mass is 10.2. The van der Waals surface area contributed by atoms with Crippen molar-refractivity contribution in [1.82, 2.24) is 10.2 Å². The Hall–Kier alpha value is -2.54. The van der Waals surface area contributed by atoms with Crippen molar-refractivity contribution in [3.05, 3.63) is 46.7 Å². The Bertz CT molecular complexity index is 723. The average Bonchev–Trinajstić information content (AvgIpc) is 3.23. The smallest absolute Gasteiger partial charge is 0.252 e. The first-order valence-corrected chi connectivity index (χ1v) is 9.59. The Morgan fingerprint density at radius 2 is 1.85 bits per heavy atom. The predicted octanol–water partition coefficient (Wildman–Crippen LogP) is 2.23. The molecule has 1 fully saturated rings. The Balaban J connectivity index is 1.41. The molecule has 0 spiro atoms. The third kappa shape index (κ3) is 4.54. The zero-order valence-corrected chi connectivity index (χ0v) is 15.6. The van der Waals surface area contributed by atoms with Crippen LogP contribution in [0.5, 0.6) is 5.75 Å². The summed E-state index contributed by atoms with van der Waals surface area (Å²) in [6, 6.07) is 9.75. The number of hydrogen-bond donors (Lipinski definition) is 1. The number of amides is 2. The van der Waals surface area contributed by atoms with E-state index >= 15 is 0 Å². The van der Waals surface area contributed by atoms with Crippen molar-refractivity contribution in [1.29, 1.82) is 0 Å². The summed E-state index contributed by atoms with van der Waals surface area (Å²) in [4.78, 5) is 28.3. The molecule has 1 aliphatic heterocycles. The van der Waals surface area contributed by atoms with E-state index in [0.717, 1.165) is 24.5 Å². The van der Waals surface area contributed by atoms with Crippen LogP contribution in [0.4, 0.5) is 5.69 Å². The van der Waals surface area contributed by atoms with Gasteiger partial charge >= 0.3 is 0 Å². The maximum absolute atomic E-state index is 12.3. The van der Waals surface area contributed by atoms with Gasteiger partial charge in [0.2, 0.25) is 5.91 Å². The Labute approximate surface area is 157 Å². The van der Waals surface area contributed by atoms with Crippen LogP contribution in [0.15, 0.2) is 41.1 Å². The molecule has 138 valence electrons. The summed E-state index contributed by atoms with van der Waals surface area (Å²) in [5.41, 5.74) is 1.79. The summed E-state index contributed by atoms with van der Waals surface area (Å²) in [6.45, 7) is 3.37. The third-order valence-electron chi connectivity index (χ3n) is 4.48. The van der Waals surface area contributed by atoms with Gasteiger partial charge in [0.25, 0.3) is 5.91 Å². The highest BCUT2D eigenvalue weighted by Gasteiger charge is 2.21. The van der Waals surface area contributed by atoms with Gasteiger partial charge in [0.15, 0.2) is 0 Å². The van der Waals surface area contributed by atoms with Gasteiger partial charge in [-0.2, -0.15) is 11.3 Å². The lowest BCUT2D eigenvalue weighted by Gasteiger charge is -2.36. The number of ether oxygens (including phenoxy) is 1. The van der Waals surface area contributed by atoms with E-state index in [9.17, 15) is 9.59 Å². The van der Waals surface area contributed by atoms with E-state index in [4.69, 9.17) is 4.74 Å². The maximum Gasteiger partial charge on any atom is 0.252 e. The fourth-order valence-electron chi connectivity index (χ4n) is 2.94. The lowest BCUT2D eigenvalue weighted by molar-refractivity contribution is -0.131. The SMILES string of the molecule is COc1ccc(N2CCN(C(=O)CCNC(=O)c3ccsc3)CC2)cc1. The molecule has 0 bridgehead atoms. The summed E-state index contributed by atoms with van der Waals surface area (Å²) in [6.07, 6.45) is 0.332. The topological polar surface area (TPSA) is 61.9 Å². The van der Waals surface area contributed by atoms with E-state index in [2.05, 4.69) is 10.2 Å². The highest BCUT2D eigenvalue weighted by molar-refractivity contribution is 7.08. The zero-order valence-electron chi connectivity index (χ0n) is 14.8. The minimum absolute atomic E-state index is 0.0880. The second-order valence-electron chi connectivity index (χ2n) is 6.08. The van der Waals surface area contributed by atoms with Gasteiger partial charge in [-0.15, -0.1) is 0 Å². The number of rotatable bonds is 6. The molecule has 1 aromatic carbocycles. The Kier molecular flexibility index (Phi) is 6.12. The van der Waals surface area contributed by atoms with Gasteiger partial charge in [-0.3, -0.25) is 9.59 Å². The summed E-state index contributed by atoms with van der Waals surface area (Å²) >= 11 is 1.48. The van der Waals surface area contributed by atoms with Crippen molar-refractivity contribution < 1.29 is 14.3 Å². The van der Waals surface area contributed by atoms with Crippen molar-refractivity contribution >= 4 is 28.8 Å². The van der Waals surface area contributed by atoms with E-state index in [-0.39, 0.29) is 11.8 Å². The number of nitrogens with one attached hydrogen (secondary N) is 1. The number of piperazine rings is 1. The minimum Gasteiger partial charge on any atom is -0.497 e. The van der Waals surface area contributed by atoms with Gasteiger partial charge in [0.05, 0.1) is 7.11 Å². The molecule has 7 heteroatoms. The van der Waals surface area contributed by atoms with Gasteiger partial charge in [-0.05, 0) is 35.7 Å². The normalized spacial score (nSPS) is 14.2. The van der Waals surface area contributed by atoms with Crippen LogP contribution >= 0.6 is 11.3 Å². The molecule has 0 unspecified atom stereocenters. The predicted molar refractivity (Wildman–Crippen MR) is 103 cm³/mol. The molecular weight excluding hydrogens is 350 g/mol. The fourth-order valence-corrected chi connectivity index (χ4v) is 3.58. The third-order valence-corrected chi connectivity index (χ3v) is 5.16. The van der Waals surface area contributed by atoms with Crippen molar-refractivity contribution in [2.75, 3.05) is 44.7 Å². The summed E-state index contributed by atoms with van der Waals surface area (Å²) in [5, 5.41) is 6.46. The number of carbonyl (C=O) groups is 2. The van der Waals surface area contributed by atoms with Crippen LogP contribution < -0.4 is 15.0 Å². The summed E-state index contributed by atoms with van der Waals surface area (Å²) < 4.78 is 5.18. The first-order valence-electron chi connectivity index (χ1n) is 8.64. The molecule has 0 aliphatic carbocycles. The highest BCUT2D eigenvalue weighted by atomic mass is 32.1. The molecule has 0 radical (unpaired) electrons. The second-order valence-corrected chi connectivity index (χ2v) is 6.86. The molecule has 26 heavy (non-hydrogen) atoms. The Morgan fingerprint density at radius 1 is 1.12 bits per heavy atom. The molecule has 0 atom stereocenters. The number of nitrogens with zero attached hydrogens (tertiary/aromatic N) is 2. The number of benzene rings is 1. The number of methoxy groups -OCH3 is 1. The van der Waals surface area contributed by atoms with E-state index in [1.807, 2.05) is 34.5 Å². The fraction of sp³-hybridized carbons (Fsp3) is 0.368. The summed E-state index contributed by atoms with van der Waals surface area (Å²) in [5.74, 6) is 0.806. The van der Waals surface area contributed by atoms with Crippen molar-refractivity contribution in [2.45, 2.75) is 6.42 Å². The van der Waals surface area contributed by atoms with E-state index in [1.165, 1.54) is 11.3 Å². The van der Waals surface area contributed by atoms with Crippen LogP contribution in [0.1, 0.15) is 16.8 Å². The number of carbonyl (C=O) groups excluding carboxylic acids is 2. The van der Waals surface area contributed by atoms with Gasteiger partial charge < -0.3 is 19.9 Å². The zero-order chi connectivity index (χ0) is 18.4. The van der Waals surface area contributed by atoms with Crippen LogP contribution in [0, 0.1) is 0 Å². The van der Waals surface area contributed by atoms with E-state index in [1.54, 1.807) is 18.6 Å². The maximum atomic E-state index is 12.3. The molecular formula is C19H23N3O3S. The molecule has 2 heterocycles. The molecule has 6 nitrogen and oxygen atoms in total. The number of thiophene rings is 1. The summed E-state index contributed by atoms with van der Waals surface area (Å²) in [7, 11) is 1.65. The van der Waals surface area contributed by atoms with E-state index in [0.29, 0.717) is 31.6 Å². The van der Waals surface area contributed by atoms with Gasteiger partial charge in [0, 0.05) is 55.8 Å². The lowest BCUT2D eigenvalue weighted by Crippen LogP contribution is -2.49. The largest absolute Gasteiger partial charge is 0.497 e. The molecule has 1 saturated heterocycles. The van der Waals surface area contributed by atoms with Crippen LogP contribution in [-0.4, -0.2) is 56.5 Å². The van der Waals surface area contributed by atoms with Gasteiger partial charge in [-0.25, -0.2) is 0 Å². The molecule has 3 rings (SSSR count). The van der Waals surface area contributed by atoms with Gasteiger partial charge in [0.1, 0.15) is 5.75 Å². The van der Waals surface area contributed by atoms with Crippen LogP contribution in [0.2, 0.25) is 0 Å². The monoisotopic (exact) mass is 373 g/mol. The van der Waals surface area contributed by atoms with Gasteiger partial charge in [-0.1, -0.05) is 0 Å². The molecule has 2 aromatic rings. The average molecular weight is 373 g/mol. The van der Waals surface area contributed by atoms with Crippen molar-refractivity contribution in [3.8, 4) is 5.75 Å². The minimum atomic E-state index is -0.122. The standard InChI is InChI=1S/C19H23N3O3S/c1-25-17-4-2-16(3-5-17)21-9-11-22(12-10-21)18(23)6-8-20-19(24)15-7-13-26-14-15/h2-5,7,13-14H,6,8-12H2,1H3,(H,20,24). The highest BCUT2D eigenvalue weighted by Crippen LogP contribution is 2.20. The first-order chi connectivity index (χ1) is 12.7. The van der Waals surface area contributed by atoms with Crippen molar-refractivity contribution in [2.24, 2.45) is 0 Å².